The van der Waals surface area contributed by atoms with Crippen molar-refractivity contribution in [1.82, 2.24) is 9.88 Å². The molecule has 0 saturated carbocycles. The first-order chi connectivity index (χ1) is 7.16. The van der Waals surface area contributed by atoms with Crippen LogP contribution >= 0.6 is 0 Å². The first-order valence-electron chi connectivity index (χ1n) is 5.04. The molecule has 2 rings (SSSR count). The minimum absolute atomic E-state index is 0.0529. The fourth-order valence-corrected chi connectivity index (χ4v) is 1.81. The van der Waals surface area contributed by atoms with Crippen LogP contribution < -0.4 is 11.1 Å². The zero-order valence-electron chi connectivity index (χ0n) is 8.73. The van der Waals surface area contributed by atoms with Gasteiger partial charge in [0, 0.05) is 19.3 Å². The Bertz CT molecular complexity index is 398. The normalized spacial score (nSPS) is 15.8. The number of aromatic nitrogens is 1. The number of rotatable bonds is 2. The molecule has 0 saturated heterocycles. The van der Waals surface area contributed by atoms with Crippen molar-refractivity contribution in [1.29, 1.82) is 0 Å². The van der Waals surface area contributed by atoms with E-state index in [0.29, 0.717) is 11.4 Å². The van der Waals surface area contributed by atoms with E-state index in [0.717, 1.165) is 12.8 Å². The van der Waals surface area contributed by atoms with Crippen LogP contribution in [0.15, 0.2) is 24.4 Å². The fraction of sp³-hybridized carbons (Fsp3) is 0.364. The topological polar surface area (TPSA) is 60.0 Å². The zero-order valence-corrected chi connectivity index (χ0v) is 8.73. The molecular weight excluding hydrogens is 190 g/mol. The summed E-state index contributed by atoms with van der Waals surface area (Å²) in [5.74, 6) is -0.0529. The average molecular weight is 205 g/mol. The Labute approximate surface area is 88.8 Å². The van der Waals surface area contributed by atoms with Gasteiger partial charge in [-0.3, -0.25) is 4.79 Å². The van der Waals surface area contributed by atoms with Crippen LogP contribution in [0.1, 0.15) is 23.3 Å². The summed E-state index contributed by atoms with van der Waals surface area (Å²) in [4.78, 5) is 11.8. The van der Waals surface area contributed by atoms with Crippen LogP contribution in [0.5, 0.6) is 0 Å². The summed E-state index contributed by atoms with van der Waals surface area (Å²) in [5, 5.41) is 2.97. The van der Waals surface area contributed by atoms with Crippen LogP contribution in [0.3, 0.4) is 0 Å². The Morgan fingerprint density at radius 1 is 1.53 bits per heavy atom. The number of hydrogen-bond donors (Lipinski definition) is 2. The van der Waals surface area contributed by atoms with Gasteiger partial charge in [-0.2, -0.15) is 0 Å². The first-order valence-corrected chi connectivity index (χ1v) is 5.04. The molecule has 1 heterocycles. The van der Waals surface area contributed by atoms with E-state index in [1.54, 1.807) is 16.8 Å². The molecular formula is C11H15N3O. The number of aryl methyl sites for hydroxylation is 1. The molecule has 3 N–H and O–H groups in total. The number of nitrogen functional groups attached to an aromatic ring is 1. The van der Waals surface area contributed by atoms with Crippen molar-refractivity contribution in [3.05, 3.63) is 30.1 Å². The number of anilines is 1. The van der Waals surface area contributed by atoms with E-state index < -0.39 is 0 Å². The number of nitrogens with zero attached hydrogens (tertiary/aromatic N) is 1. The van der Waals surface area contributed by atoms with E-state index >= 15 is 0 Å². The van der Waals surface area contributed by atoms with Crippen LogP contribution in [0.2, 0.25) is 0 Å². The van der Waals surface area contributed by atoms with E-state index in [2.05, 4.69) is 17.5 Å². The molecule has 4 heteroatoms. The van der Waals surface area contributed by atoms with Gasteiger partial charge in [-0.05, 0) is 18.9 Å². The second-order valence-electron chi connectivity index (χ2n) is 3.88. The molecule has 80 valence electrons. The predicted octanol–water partition coefficient (Wildman–Crippen LogP) is 1.06. The Morgan fingerprint density at radius 2 is 2.20 bits per heavy atom. The highest BCUT2D eigenvalue weighted by atomic mass is 16.2. The van der Waals surface area contributed by atoms with Gasteiger partial charge in [0.25, 0.3) is 5.91 Å². The molecule has 0 aromatic carbocycles. The summed E-state index contributed by atoms with van der Waals surface area (Å²) >= 11 is 0. The highest BCUT2D eigenvalue weighted by molar-refractivity contribution is 5.94. The Morgan fingerprint density at radius 3 is 2.73 bits per heavy atom. The largest absolute Gasteiger partial charge is 0.397 e. The average Bonchev–Trinajstić information content (AvgIpc) is 2.75. The van der Waals surface area contributed by atoms with Gasteiger partial charge in [0.15, 0.2) is 0 Å². The molecule has 0 spiro atoms. The number of carbonyl (C=O) groups is 1. The lowest BCUT2D eigenvalue weighted by atomic mass is 10.2. The lowest BCUT2D eigenvalue weighted by Crippen LogP contribution is -2.33. The summed E-state index contributed by atoms with van der Waals surface area (Å²) in [6.45, 7) is 0. The van der Waals surface area contributed by atoms with Crippen molar-refractivity contribution in [2.24, 2.45) is 7.05 Å². The second-order valence-corrected chi connectivity index (χ2v) is 3.88. The number of carbonyl (C=O) groups excluding carboxylic acids is 1. The molecule has 0 aliphatic heterocycles. The molecule has 0 unspecified atom stereocenters. The van der Waals surface area contributed by atoms with Crippen LogP contribution in [-0.4, -0.2) is 16.5 Å². The van der Waals surface area contributed by atoms with Crippen molar-refractivity contribution in [2.45, 2.75) is 18.9 Å². The summed E-state index contributed by atoms with van der Waals surface area (Å²) in [5.41, 5.74) is 6.84. The number of nitrogens with two attached hydrogens (primary N) is 1. The van der Waals surface area contributed by atoms with Gasteiger partial charge in [-0.1, -0.05) is 12.2 Å². The van der Waals surface area contributed by atoms with E-state index in [4.69, 9.17) is 5.73 Å². The van der Waals surface area contributed by atoms with E-state index in [-0.39, 0.29) is 11.9 Å². The number of amides is 1. The Kier molecular flexibility index (Phi) is 2.49. The molecule has 0 radical (unpaired) electrons. The van der Waals surface area contributed by atoms with Gasteiger partial charge in [0.2, 0.25) is 0 Å². The zero-order chi connectivity index (χ0) is 10.8. The second kappa shape index (κ2) is 3.81. The molecule has 1 aromatic heterocycles. The highest BCUT2D eigenvalue weighted by Gasteiger charge is 2.16. The fourth-order valence-electron chi connectivity index (χ4n) is 1.81. The van der Waals surface area contributed by atoms with Crippen LogP contribution in [-0.2, 0) is 7.05 Å². The third-order valence-electron chi connectivity index (χ3n) is 2.60. The Hall–Kier alpha value is -1.71. The van der Waals surface area contributed by atoms with E-state index in [1.165, 1.54) is 0 Å². The van der Waals surface area contributed by atoms with Crippen molar-refractivity contribution in [3.63, 3.8) is 0 Å². The highest BCUT2D eigenvalue weighted by Crippen LogP contribution is 2.12. The van der Waals surface area contributed by atoms with Crippen molar-refractivity contribution >= 4 is 11.6 Å². The van der Waals surface area contributed by atoms with Gasteiger partial charge in [-0.15, -0.1) is 0 Å². The maximum Gasteiger partial charge on any atom is 0.268 e. The van der Waals surface area contributed by atoms with Crippen LogP contribution in [0, 0.1) is 0 Å². The predicted molar refractivity (Wildman–Crippen MR) is 59.5 cm³/mol. The lowest BCUT2D eigenvalue weighted by Gasteiger charge is -2.11. The Balaban J connectivity index is 2.04. The maximum absolute atomic E-state index is 11.8. The van der Waals surface area contributed by atoms with Crippen molar-refractivity contribution in [2.75, 3.05) is 5.73 Å². The minimum Gasteiger partial charge on any atom is -0.397 e. The number of nitrogens with one attached hydrogen (secondary N) is 1. The third-order valence-corrected chi connectivity index (χ3v) is 2.60. The molecule has 0 fully saturated rings. The van der Waals surface area contributed by atoms with Crippen LogP contribution in [0.25, 0.3) is 0 Å². The molecule has 1 amide bonds. The van der Waals surface area contributed by atoms with Gasteiger partial charge >= 0.3 is 0 Å². The third kappa shape index (κ3) is 2.03. The molecule has 1 aliphatic carbocycles. The lowest BCUT2D eigenvalue weighted by molar-refractivity contribution is 0.0931. The monoisotopic (exact) mass is 205 g/mol. The summed E-state index contributed by atoms with van der Waals surface area (Å²) in [6, 6.07) is 1.94. The molecule has 1 aromatic rings. The summed E-state index contributed by atoms with van der Waals surface area (Å²) in [6.07, 6.45) is 7.76. The van der Waals surface area contributed by atoms with Gasteiger partial charge in [0.1, 0.15) is 5.69 Å². The maximum atomic E-state index is 11.8. The molecule has 0 bridgehead atoms. The molecule has 15 heavy (non-hydrogen) atoms. The first kappa shape index (κ1) is 9.83. The van der Waals surface area contributed by atoms with Gasteiger partial charge in [0.05, 0.1) is 5.69 Å². The SMILES string of the molecule is Cn1cc(N)cc1C(=O)NC1CC=CC1. The van der Waals surface area contributed by atoms with Crippen LogP contribution in [0.4, 0.5) is 5.69 Å². The standard InChI is InChI=1S/C11H15N3O/c1-14-7-8(12)6-10(14)11(15)13-9-4-2-3-5-9/h2-3,6-7,9H,4-5,12H2,1H3,(H,13,15). The van der Waals surface area contributed by atoms with Crippen molar-refractivity contribution < 1.29 is 4.79 Å². The van der Waals surface area contributed by atoms with Crippen molar-refractivity contribution in [3.8, 4) is 0 Å². The summed E-state index contributed by atoms with van der Waals surface area (Å²) < 4.78 is 1.74. The quantitative estimate of drug-likeness (QED) is 0.709. The molecule has 0 atom stereocenters. The van der Waals surface area contributed by atoms with E-state index in [1.807, 2.05) is 7.05 Å². The molecule has 4 nitrogen and oxygen atoms in total. The number of hydrogen-bond acceptors (Lipinski definition) is 2. The van der Waals surface area contributed by atoms with Gasteiger partial charge in [-0.25, -0.2) is 0 Å². The van der Waals surface area contributed by atoms with E-state index in [9.17, 15) is 4.79 Å². The molecule has 1 aliphatic rings. The summed E-state index contributed by atoms with van der Waals surface area (Å²) in [7, 11) is 1.82. The smallest absolute Gasteiger partial charge is 0.268 e. The van der Waals surface area contributed by atoms with Gasteiger partial charge < -0.3 is 15.6 Å². The minimum atomic E-state index is -0.0529.